The summed E-state index contributed by atoms with van der Waals surface area (Å²) in [4.78, 5) is 2.54. The molecule has 0 aliphatic carbocycles. The van der Waals surface area contributed by atoms with Crippen LogP contribution in [0.3, 0.4) is 0 Å². The van der Waals surface area contributed by atoms with E-state index >= 15 is 0 Å². The van der Waals surface area contributed by atoms with Gasteiger partial charge in [0.1, 0.15) is 0 Å². The zero-order valence-corrected chi connectivity index (χ0v) is 13.9. The first-order valence-electron chi connectivity index (χ1n) is 7.90. The number of benzene rings is 2. The van der Waals surface area contributed by atoms with Crippen LogP contribution in [0, 0.1) is 0 Å². The fourth-order valence-corrected chi connectivity index (χ4v) is 3.55. The lowest BCUT2D eigenvalue weighted by atomic mass is 10.1. The average Bonchev–Trinajstić information content (AvgIpc) is 2.59. The highest BCUT2D eigenvalue weighted by molar-refractivity contribution is 7.99. The van der Waals surface area contributed by atoms with Crippen LogP contribution < -0.4 is 11.1 Å². The molecule has 3 N–H and O–H groups in total. The fourth-order valence-electron chi connectivity index (χ4n) is 2.51. The second-order valence-corrected chi connectivity index (χ2v) is 6.36. The second-order valence-electron chi connectivity index (χ2n) is 5.28. The van der Waals surface area contributed by atoms with Crippen molar-refractivity contribution < 1.29 is 9.47 Å². The SMILES string of the molecule is NCCOCCOCCc1cccc2c1Nc1ccccc1S2. The predicted molar refractivity (Wildman–Crippen MR) is 94.7 cm³/mol. The summed E-state index contributed by atoms with van der Waals surface area (Å²) in [5, 5.41) is 3.56. The molecule has 1 heterocycles. The molecule has 4 nitrogen and oxygen atoms in total. The lowest BCUT2D eigenvalue weighted by molar-refractivity contribution is 0.0520. The van der Waals surface area contributed by atoms with E-state index in [4.69, 9.17) is 15.2 Å². The molecule has 122 valence electrons. The van der Waals surface area contributed by atoms with Crippen LogP contribution in [0.4, 0.5) is 11.4 Å². The Morgan fingerprint density at radius 3 is 2.52 bits per heavy atom. The maximum atomic E-state index is 5.64. The number of hydrogen-bond donors (Lipinski definition) is 2. The van der Waals surface area contributed by atoms with Crippen LogP contribution in [0.15, 0.2) is 52.3 Å². The Labute approximate surface area is 141 Å². The van der Waals surface area contributed by atoms with Crippen LogP contribution in [0.5, 0.6) is 0 Å². The molecule has 0 spiro atoms. The maximum Gasteiger partial charge on any atom is 0.0701 e. The molecule has 3 rings (SSSR count). The van der Waals surface area contributed by atoms with Gasteiger partial charge in [0.15, 0.2) is 0 Å². The van der Waals surface area contributed by atoms with E-state index < -0.39 is 0 Å². The van der Waals surface area contributed by atoms with Gasteiger partial charge in [-0.1, -0.05) is 36.0 Å². The minimum absolute atomic E-state index is 0.557. The molecule has 0 radical (unpaired) electrons. The minimum atomic E-state index is 0.557. The van der Waals surface area contributed by atoms with Crippen LogP contribution in [0.25, 0.3) is 0 Å². The Bertz CT molecular complexity index is 649. The van der Waals surface area contributed by atoms with E-state index in [2.05, 4.69) is 47.8 Å². The Morgan fingerprint density at radius 1 is 0.870 bits per heavy atom. The summed E-state index contributed by atoms with van der Waals surface area (Å²) in [5.74, 6) is 0. The van der Waals surface area contributed by atoms with Crippen molar-refractivity contribution in [2.24, 2.45) is 5.73 Å². The van der Waals surface area contributed by atoms with Gasteiger partial charge in [0.2, 0.25) is 0 Å². The molecule has 5 heteroatoms. The number of rotatable bonds is 8. The molecular weight excluding hydrogens is 308 g/mol. The Hall–Kier alpha value is -1.53. The lowest BCUT2D eigenvalue weighted by Crippen LogP contribution is -2.13. The van der Waals surface area contributed by atoms with Crippen molar-refractivity contribution >= 4 is 23.1 Å². The van der Waals surface area contributed by atoms with Gasteiger partial charge in [-0.3, -0.25) is 0 Å². The van der Waals surface area contributed by atoms with Gasteiger partial charge < -0.3 is 20.5 Å². The summed E-state index contributed by atoms with van der Waals surface area (Å²) in [6, 6.07) is 14.8. The molecule has 0 saturated carbocycles. The Balaban J connectivity index is 1.56. The number of nitrogens with two attached hydrogens (primary N) is 1. The van der Waals surface area contributed by atoms with E-state index in [1.165, 1.54) is 26.7 Å². The average molecular weight is 330 g/mol. The predicted octanol–water partition coefficient (Wildman–Crippen LogP) is 3.43. The summed E-state index contributed by atoms with van der Waals surface area (Å²) < 4.78 is 10.9. The molecule has 0 saturated heterocycles. The van der Waals surface area contributed by atoms with E-state index in [-0.39, 0.29) is 0 Å². The smallest absolute Gasteiger partial charge is 0.0701 e. The van der Waals surface area contributed by atoms with Crippen molar-refractivity contribution in [3.05, 3.63) is 48.0 Å². The fraction of sp³-hybridized carbons (Fsp3) is 0.333. The summed E-state index contributed by atoms with van der Waals surface area (Å²) in [6.45, 7) is 3.05. The third-order valence-corrected chi connectivity index (χ3v) is 4.77. The standard InChI is InChI=1S/C18H22N2O2S/c19-9-11-22-13-12-21-10-8-14-4-3-7-17-18(14)20-15-5-1-2-6-16(15)23-17/h1-7,20H,8-13,19H2. The quantitative estimate of drug-likeness (QED) is 0.620. The topological polar surface area (TPSA) is 56.5 Å². The summed E-state index contributed by atoms with van der Waals surface area (Å²) >= 11 is 1.81. The number of nitrogens with one attached hydrogen (secondary N) is 1. The van der Waals surface area contributed by atoms with E-state index in [9.17, 15) is 0 Å². The molecule has 0 amide bonds. The molecule has 0 aromatic heterocycles. The van der Waals surface area contributed by atoms with Crippen molar-refractivity contribution in [2.75, 3.05) is 38.3 Å². The largest absolute Gasteiger partial charge is 0.379 e. The zero-order chi connectivity index (χ0) is 15.9. The van der Waals surface area contributed by atoms with Gasteiger partial charge in [0, 0.05) is 16.3 Å². The zero-order valence-electron chi connectivity index (χ0n) is 13.1. The first-order valence-corrected chi connectivity index (χ1v) is 8.71. The normalized spacial score (nSPS) is 12.4. The molecule has 1 aliphatic heterocycles. The van der Waals surface area contributed by atoms with Gasteiger partial charge in [-0.2, -0.15) is 0 Å². The van der Waals surface area contributed by atoms with Gasteiger partial charge in [-0.15, -0.1) is 0 Å². The van der Waals surface area contributed by atoms with Crippen LogP contribution in [-0.4, -0.2) is 33.0 Å². The van der Waals surface area contributed by atoms with Gasteiger partial charge in [-0.05, 0) is 30.2 Å². The number of para-hydroxylation sites is 2. The highest BCUT2D eigenvalue weighted by Crippen LogP contribution is 2.45. The van der Waals surface area contributed by atoms with Gasteiger partial charge in [0.25, 0.3) is 0 Å². The lowest BCUT2D eigenvalue weighted by Gasteiger charge is -2.23. The van der Waals surface area contributed by atoms with E-state index in [0.717, 1.165) is 6.42 Å². The summed E-state index contributed by atoms with van der Waals surface area (Å²) in [6.07, 6.45) is 0.885. The summed E-state index contributed by atoms with van der Waals surface area (Å²) in [5.41, 5.74) is 9.04. The molecule has 0 unspecified atom stereocenters. The maximum absolute atomic E-state index is 5.64. The van der Waals surface area contributed by atoms with Crippen LogP contribution in [0.1, 0.15) is 5.56 Å². The molecule has 2 aromatic carbocycles. The number of hydrogen-bond acceptors (Lipinski definition) is 5. The van der Waals surface area contributed by atoms with Crippen LogP contribution in [-0.2, 0) is 15.9 Å². The van der Waals surface area contributed by atoms with E-state index in [0.29, 0.717) is 33.0 Å². The van der Waals surface area contributed by atoms with Gasteiger partial charge in [-0.25, -0.2) is 0 Å². The highest BCUT2D eigenvalue weighted by Gasteiger charge is 2.17. The second kappa shape index (κ2) is 8.36. The molecule has 23 heavy (non-hydrogen) atoms. The molecule has 0 bridgehead atoms. The van der Waals surface area contributed by atoms with Crippen molar-refractivity contribution in [3.63, 3.8) is 0 Å². The van der Waals surface area contributed by atoms with Gasteiger partial charge in [0.05, 0.1) is 37.8 Å². The van der Waals surface area contributed by atoms with Gasteiger partial charge >= 0.3 is 0 Å². The molecule has 2 aromatic rings. The number of anilines is 2. The van der Waals surface area contributed by atoms with Crippen LogP contribution >= 0.6 is 11.8 Å². The Morgan fingerprint density at radius 2 is 1.65 bits per heavy atom. The van der Waals surface area contributed by atoms with E-state index in [1.54, 1.807) is 0 Å². The molecule has 0 atom stereocenters. The van der Waals surface area contributed by atoms with Crippen molar-refractivity contribution in [1.82, 2.24) is 0 Å². The third-order valence-electron chi connectivity index (χ3n) is 3.63. The van der Waals surface area contributed by atoms with E-state index in [1.807, 2.05) is 11.8 Å². The third kappa shape index (κ3) is 4.26. The Kier molecular flexibility index (Phi) is 5.93. The molecular formula is C18H22N2O2S. The summed E-state index contributed by atoms with van der Waals surface area (Å²) in [7, 11) is 0. The highest BCUT2D eigenvalue weighted by atomic mass is 32.2. The van der Waals surface area contributed by atoms with Crippen molar-refractivity contribution in [1.29, 1.82) is 0 Å². The number of ether oxygens (including phenoxy) is 2. The first-order chi connectivity index (χ1) is 11.4. The number of fused-ring (bicyclic) bond motifs is 2. The van der Waals surface area contributed by atoms with Crippen molar-refractivity contribution in [2.45, 2.75) is 16.2 Å². The molecule has 0 fully saturated rings. The molecule has 1 aliphatic rings. The van der Waals surface area contributed by atoms with Crippen LogP contribution in [0.2, 0.25) is 0 Å². The first kappa shape index (κ1) is 16.3. The minimum Gasteiger partial charge on any atom is -0.379 e. The monoisotopic (exact) mass is 330 g/mol. The van der Waals surface area contributed by atoms with Crippen molar-refractivity contribution in [3.8, 4) is 0 Å².